The van der Waals surface area contributed by atoms with E-state index in [1.165, 1.54) is 24.3 Å². The molecule has 0 unspecified atom stereocenters. The van der Waals surface area contributed by atoms with Crippen molar-refractivity contribution < 1.29 is 30.1 Å². The van der Waals surface area contributed by atoms with Gasteiger partial charge < -0.3 is 25.2 Å². The number of nitro benzene ring substituents is 1. The third kappa shape index (κ3) is 4.21. The third-order valence-electron chi connectivity index (χ3n) is 3.58. The molecule has 132 valence electrons. The number of nitro groups is 1. The summed E-state index contributed by atoms with van der Waals surface area (Å²) >= 11 is 0. The highest BCUT2D eigenvalue weighted by Gasteiger charge is 2.43. The molecule has 0 spiro atoms. The van der Waals surface area contributed by atoms with Crippen LogP contribution in [0.4, 0.5) is 11.4 Å². The zero-order valence-corrected chi connectivity index (χ0v) is 12.5. The highest BCUT2D eigenvalue weighted by Crippen LogP contribution is 2.21. The first-order valence-corrected chi connectivity index (χ1v) is 7.11. The Kier molecular flexibility index (Phi) is 6.11. The third-order valence-corrected chi connectivity index (χ3v) is 3.58. The second-order valence-electron chi connectivity index (χ2n) is 5.21. The van der Waals surface area contributed by atoms with Crippen LogP contribution in [-0.4, -0.2) is 69.0 Å². The summed E-state index contributed by atoms with van der Waals surface area (Å²) in [6.45, 7) is -0.638. The summed E-state index contributed by atoms with van der Waals surface area (Å²) in [4.78, 5) is 10.0. The number of non-ortho nitro benzene ring substituents is 1. The lowest BCUT2D eigenvalue weighted by Crippen LogP contribution is -2.59. The Hall–Kier alpha value is -2.18. The van der Waals surface area contributed by atoms with E-state index < -0.39 is 42.1 Å². The molecular weight excluding hydrogens is 324 g/mol. The molecule has 1 fully saturated rings. The molecule has 1 saturated heterocycles. The number of rotatable bonds is 6. The Balaban J connectivity index is 1.87. The lowest BCUT2D eigenvalue weighted by molar-refractivity contribution is -0.384. The second-order valence-corrected chi connectivity index (χ2v) is 5.21. The van der Waals surface area contributed by atoms with Crippen LogP contribution in [0.15, 0.2) is 34.6 Å². The molecule has 1 heterocycles. The van der Waals surface area contributed by atoms with Crippen molar-refractivity contribution in [2.75, 3.05) is 18.6 Å². The molecule has 5 atom stereocenters. The Morgan fingerprint density at radius 3 is 2.33 bits per heavy atom. The van der Waals surface area contributed by atoms with Crippen LogP contribution >= 0.6 is 0 Å². The number of aliphatic hydroxyl groups excluding tert-OH is 4. The summed E-state index contributed by atoms with van der Waals surface area (Å²) in [6, 6.07) is 5.50. The van der Waals surface area contributed by atoms with Crippen molar-refractivity contribution in [2.45, 2.75) is 30.5 Å². The lowest BCUT2D eigenvalue weighted by Gasteiger charge is -2.39. The number of nitrogens with zero attached hydrogens (tertiary/aromatic N) is 3. The normalized spacial score (nSPS) is 30.4. The van der Waals surface area contributed by atoms with E-state index in [-0.39, 0.29) is 12.2 Å². The fourth-order valence-corrected chi connectivity index (χ4v) is 2.20. The van der Waals surface area contributed by atoms with Gasteiger partial charge in [0.2, 0.25) is 0 Å². The summed E-state index contributed by atoms with van der Waals surface area (Å²) in [5, 5.41) is 56.1. The van der Waals surface area contributed by atoms with Gasteiger partial charge in [0.05, 0.1) is 23.8 Å². The first-order valence-electron chi connectivity index (χ1n) is 7.11. The molecule has 0 aliphatic carbocycles. The number of aliphatic hydroxyl groups is 4. The topological polar surface area (TPSA) is 170 Å². The Bertz CT molecular complexity index is 580. The van der Waals surface area contributed by atoms with Gasteiger partial charge in [-0.2, -0.15) is 5.11 Å². The molecule has 2 rings (SSSR count). The molecule has 0 amide bonds. The summed E-state index contributed by atoms with van der Waals surface area (Å²) in [5.41, 5.74) is 2.96. The van der Waals surface area contributed by atoms with Gasteiger partial charge >= 0.3 is 0 Å². The average Bonchev–Trinajstić information content (AvgIpc) is 2.58. The van der Waals surface area contributed by atoms with Crippen LogP contribution in [0.2, 0.25) is 0 Å². The van der Waals surface area contributed by atoms with Gasteiger partial charge in [-0.15, -0.1) is 0 Å². The number of nitrogens with one attached hydrogen (secondary N) is 1. The van der Waals surface area contributed by atoms with E-state index in [1.807, 2.05) is 0 Å². The maximum absolute atomic E-state index is 10.5. The Labute approximate surface area is 136 Å². The van der Waals surface area contributed by atoms with E-state index in [0.717, 1.165) is 0 Å². The molecule has 1 aromatic rings. The van der Waals surface area contributed by atoms with Crippen molar-refractivity contribution >= 4 is 11.4 Å². The van der Waals surface area contributed by atoms with Crippen molar-refractivity contribution in [1.82, 2.24) is 0 Å². The molecule has 11 heteroatoms. The largest absolute Gasteiger partial charge is 0.394 e. The van der Waals surface area contributed by atoms with Crippen LogP contribution in [0, 0.1) is 10.1 Å². The Morgan fingerprint density at radius 1 is 1.12 bits per heavy atom. The van der Waals surface area contributed by atoms with Crippen LogP contribution in [0.5, 0.6) is 0 Å². The number of benzene rings is 1. The van der Waals surface area contributed by atoms with Gasteiger partial charge in [-0.1, -0.05) is 5.22 Å². The maximum Gasteiger partial charge on any atom is 0.269 e. The summed E-state index contributed by atoms with van der Waals surface area (Å²) in [6.07, 6.45) is -6.19. The van der Waals surface area contributed by atoms with Crippen LogP contribution in [0.25, 0.3) is 0 Å². The van der Waals surface area contributed by atoms with Gasteiger partial charge in [-0.25, -0.2) is 0 Å². The molecule has 24 heavy (non-hydrogen) atoms. The van der Waals surface area contributed by atoms with Gasteiger partial charge in [0, 0.05) is 12.1 Å². The molecule has 0 radical (unpaired) electrons. The first kappa shape index (κ1) is 18.2. The van der Waals surface area contributed by atoms with E-state index in [4.69, 9.17) is 9.84 Å². The van der Waals surface area contributed by atoms with E-state index in [1.54, 1.807) is 0 Å². The number of anilines is 1. The van der Waals surface area contributed by atoms with Gasteiger partial charge in [-0.3, -0.25) is 15.5 Å². The van der Waals surface area contributed by atoms with Crippen LogP contribution in [-0.2, 0) is 4.74 Å². The summed E-state index contributed by atoms with van der Waals surface area (Å²) in [7, 11) is 0. The monoisotopic (exact) mass is 342 g/mol. The van der Waals surface area contributed by atoms with Crippen molar-refractivity contribution in [1.29, 1.82) is 0 Å². The fraction of sp³-hybridized carbons (Fsp3) is 0.538. The van der Waals surface area contributed by atoms with E-state index in [9.17, 15) is 25.4 Å². The van der Waals surface area contributed by atoms with Gasteiger partial charge in [0.25, 0.3) is 5.69 Å². The smallest absolute Gasteiger partial charge is 0.269 e. The molecule has 0 saturated carbocycles. The van der Waals surface area contributed by atoms with Gasteiger partial charge in [0.15, 0.2) is 0 Å². The quantitative estimate of drug-likeness (QED) is 0.254. The van der Waals surface area contributed by atoms with Gasteiger partial charge in [0.1, 0.15) is 30.5 Å². The SMILES string of the molecule is O=[N+]([O-])c1ccc(NN=NC[C@@H]2O[C@H](CO)[C@H](O)[C@H](O)[C@H]2O)cc1. The zero-order valence-electron chi connectivity index (χ0n) is 12.5. The Morgan fingerprint density at radius 2 is 1.75 bits per heavy atom. The summed E-state index contributed by atoms with van der Waals surface area (Å²) in [5.74, 6) is 0. The number of hydrogen-bond acceptors (Lipinski definition) is 9. The fourth-order valence-electron chi connectivity index (χ4n) is 2.20. The predicted molar refractivity (Wildman–Crippen MR) is 80.2 cm³/mol. The summed E-state index contributed by atoms with van der Waals surface area (Å²) < 4.78 is 5.26. The predicted octanol–water partition coefficient (Wildman–Crippen LogP) is -0.784. The number of ether oxygens (including phenoxy) is 1. The lowest BCUT2D eigenvalue weighted by atomic mass is 9.95. The standard InChI is InChI=1S/C13H18N4O7/c18-6-10-12(20)13(21)11(19)9(24-10)5-14-16-15-7-1-3-8(4-2-7)17(22)23/h1-4,9-13,18-21H,5-6H2,(H,14,15)/t9-,10+,11-,12-,13+/m0/s1. The van der Waals surface area contributed by atoms with E-state index in [2.05, 4.69) is 15.8 Å². The first-order chi connectivity index (χ1) is 11.4. The highest BCUT2D eigenvalue weighted by molar-refractivity contribution is 5.47. The molecule has 1 aliphatic rings. The molecular formula is C13H18N4O7. The van der Waals surface area contributed by atoms with E-state index >= 15 is 0 Å². The minimum absolute atomic E-state index is 0.0567. The molecule has 1 aromatic carbocycles. The minimum Gasteiger partial charge on any atom is -0.394 e. The average molecular weight is 342 g/mol. The molecule has 0 bridgehead atoms. The minimum atomic E-state index is -1.46. The number of hydrogen-bond donors (Lipinski definition) is 5. The molecule has 5 N–H and O–H groups in total. The van der Waals surface area contributed by atoms with Crippen LogP contribution in [0.1, 0.15) is 0 Å². The van der Waals surface area contributed by atoms with E-state index in [0.29, 0.717) is 5.69 Å². The van der Waals surface area contributed by atoms with Crippen molar-refractivity contribution in [3.8, 4) is 0 Å². The van der Waals surface area contributed by atoms with Crippen molar-refractivity contribution in [3.63, 3.8) is 0 Å². The van der Waals surface area contributed by atoms with Crippen LogP contribution < -0.4 is 5.43 Å². The van der Waals surface area contributed by atoms with Gasteiger partial charge in [-0.05, 0) is 12.1 Å². The van der Waals surface area contributed by atoms with Crippen molar-refractivity contribution in [2.24, 2.45) is 10.3 Å². The van der Waals surface area contributed by atoms with Crippen LogP contribution in [0.3, 0.4) is 0 Å². The zero-order chi connectivity index (χ0) is 17.7. The molecule has 0 aromatic heterocycles. The maximum atomic E-state index is 10.5. The highest BCUT2D eigenvalue weighted by atomic mass is 16.6. The van der Waals surface area contributed by atoms with Crippen molar-refractivity contribution in [3.05, 3.63) is 34.4 Å². The second kappa shape index (κ2) is 8.08. The molecule has 11 nitrogen and oxygen atoms in total. The molecule has 1 aliphatic heterocycles.